The first-order valence-corrected chi connectivity index (χ1v) is 5.64. The molecule has 82 valence electrons. The van der Waals surface area contributed by atoms with E-state index in [2.05, 4.69) is 0 Å². The fourth-order valence-electron chi connectivity index (χ4n) is 1.40. The van der Waals surface area contributed by atoms with E-state index in [0.29, 0.717) is 12.8 Å². The van der Waals surface area contributed by atoms with Crippen LogP contribution in [0.15, 0.2) is 11.1 Å². The maximum atomic E-state index is 11.5. The molecule has 1 saturated heterocycles. The average molecular weight is 229 g/mol. The van der Waals surface area contributed by atoms with Gasteiger partial charge in [0.2, 0.25) is 12.2 Å². The van der Waals surface area contributed by atoms with Gasteiger partial charge in [-0.15, -0.1) is 11.8 Å². The van der Waals surface area contributed by atoms with E-state index in [1.807, 2.05) is 0 Å². The fraction of sp³-hybridized carbons (Fsp3) is 0.556. The number of amides is 1. The molecule has 0 spiro atoms. The predicted octanol–water partition coefficient (Wildman–Crippen LogP) is 0.405. The van der Waals surface area contributed by atoms with Crippen molar-refractivity contribution in [3.05, 3.63) is 11.1 Å². The van der Waals surface area contributed by atoms with Crippen molar-refractivity contribution in [3.63, 3.8) is 0 Å². The standard InChI is InChI=1S/C9H11NO4S/c1-2-8(12)14-9(13)5-4-15-7-3-6(11)10(5)7/h4,7-8,12H,2-3H2,1H3/t7-,8+/m1/s1. The summed E-state index contributed by atoms with van der Waals surface area (Å²) in [6.07, 6.45) is -0.295. The van der Waals surface area contributed by atoms with Gasteiger partial charge in [-0.1, -0.05) is 6.92 Å². The molecule has 15 heavy (non-hydrogen) atoms. The van der Waals surface area contributed by atoms with E-state index >= 15 is 0 Å². The largest absolute Gasteiger partial charge is 0.431 e. The molecule has 5 nitrogen and oxygen atoms in total. The molecule has 1 amide bonds. The molecule has 2 aliphatic rings. The molecule has 2 atom stereocenters. The third-order valence-corrected chi connectivity index (χ3v) is 3.35. The van der Waals surface area contributed by atoms with Gasteiger partial charge in [0.1, 0.15) is 5.70 Å². The molecule has 0 saturated carbocycles. The number of ether oxygens (including phenoxy) is 1. The van der Waals surface area contributed by atoms with Gasteiger partial charge in [0.25, 0.3) is 0 Å². The van der Waals surface area contributed by atoms with Crippen LogP contribution in [0, 0.1) is 0 Å². The lowest BCUT2D eigenvalue weighted by atomic mass is 10.2. The van der Waals surface area contributed by atoms with E-state index < -0.39 is 12.3 Å². The molecular weight excluding hydrogens is 218 g/mol. The van der Waals surface area contributed by atoms with Crippen molar-refractivity contribution in [1.29, 1.82) is 0 Å². The molecule has 2 rings (SSSR count). The molecule has 1 N–H and O–H groups in total. The van der Waals surface area contributed by atoms with Crippen molar-refractivity contribution in [3.8, 4) is 0 Å². The Morgan fingerprint density at radius 2 is 2.60 bits per heavy atom. The number of hydrogen-bond donors (Lipinski definition) is 1. The topological polar surface area (TPSA) is 66.8 Å². The third kappa shape index (κ3) is 1.74. The summed E-state index contributed by atoms with van der Waals surface area (Å²) in [7, 11) is 0. The first kappa shape index (κ1) is 10.5. The Bertz CT molecular complexity index is 341. The summed E-state index contributed by atoms with van der Waals surface area (Å²) in [6, 6.07) is 0. The molecule has 0 bridgehead atoms. The number of rotatable bonds is 3. The van der Waals surface area contributed by atoms with Gasteiger partial charge in [-0.2, -0.15) is 0 Å². The van der Waals surface area contributed by atoms with Gasteiger partial charge in [0.15, 0.2) is 0 Å². The van der Waals surface area contributed by atoms with Crippen molar-refractivity contribution in [2.45, 2.75) is 31.4 Å². The molecule has 0 aliphatic carbocycles. The van der Waals surface area contributed by atoms with Crippen LogP contribution in [0.2, 0.25) is 0 Å². The number of fused-ring (bicyclic) bond motifs is 1. The van der Waals surface area contributed by atoms with E-state index in [0.717, 1.165) is 0 Å². The Labute approximate surface area is 91.1 Å². The number of thioether (sulfide) groups is 1. The summed E-state index contributed by atoms with van der Waals surface area (Å²) in [6.45, 7) is 1.70. The van der Waals surface area contributed by atoms with Gasteiger partial charge in [-0.05, 0) is 0 Å². The fourth-order valence-corrected chi connectivity index (χ4v) is 2.49. The van der Waals surface area contributed by atoms with Gasteiger partial charge in [-0.3, -0.25) is 9.69 Å². The van der Waals surface area contributed by atoms with Crippen molar-refractivity contribution in [2.75, 3.05) is 0 Å². The smallest absolute Gasteiger partial charge is 0.357 e. The molecule has 0 radical (unpaired) electrons. The summed E-state index contributed by atoms with van der Waals surface area (Å²) in [5.74, 6) is -0.702. The minimum atomic E-state index is -1.10. The number of carbonyl (C=O) groups excluding carboxylic acids is 2. The molecule has 1 fully saturated rings. The molecule has 0 unspecified atom stereocenters. The maximum Gasteiger partial charge on any atom is 0.357 e. The van der Waals surface area contributed by atoms with Gasteiger partial charge in [0, 0.05) is 11.8 Å². The summed E-state index contributed by atoms with van der Waals surface area (Å²) in [4.78, 5) is 24.1. The van der Waals surface area contributed by atoms with Gasteiger partial charge in [-0.25, -0.2) is 4.79 Å². The normalized spacial score (nSPS) is 25.5. The van der Waals surface area contributed by atoms with E-state index in [9.17, 15) is 9.59 Å². The third-order valence-electron chi connectivity index (χ3n) is 2.30. The second kappa shape index (κ2) is 3.86. The number of nitrogens with zero attached hydrogens (tertiary/aromatic N) is 1. The SMILES string of the molecule is CC[C@@H](O)OC(=O)C1=CS[C@@H]2CC(=O)N12. The number of carbonyl (C=O) groups is 2. The van der Waals surface area contributed by atoms with Crippen molar-refractivity contribution >= 4 is 23.6 Å². The molecular formula is C9H11NO4S. The first-order valence-electron chi connectivity index (χ1n) is 4.70. The highest BCUT2D eigenvalue weighted by molar-refractivity contribution is 8.03. The average Bonchev–Trinajstić information content (AvgIpc) is 2.54. The number of hydrogen-bond acceptors (Lipinski definition) is 5. The summed E-state index contributed by atoms with van der Waals surface area (Å²) in [5.41, 5.74) is 0.244. The quantitative estimate of drug-likeness (QED) is 0.431. The van der Waals surface area contributed by atoms with Gasteiger partial charge >= 0.3 is 5.97 Å². The minimum Gasteiger partial charge on any atom is -0.431 e. The van der Waals surface area contributed by atoms with Crippen LogP contribution in [0.25, 0.3) is 0 Å². The predicted molar refractivity (Wildman–Crippen MR) is 53.3 cm³/mol. The highest BCUT2D eigenvalue weighted by atomic mass is 32.2. The summed E-state index contributed by atoms with van der Waals surface area (Å²) in [5, 5.41) is 10.8. The number of aliphatic hydroxyl groups is 1. The summed E-state index contributed by atoms with van der Waals surface area (Å²) < 4.78 is 4.73. The zero-order chi connectivity index (χ0) is 11.0. The Kier molecular flexibility index (Phi) is 2.70. The van der Waals surface area contributed by atoms with Gasteiger partial charge in [0.05, 0.1) is 11.8 Å². The van der Waals surface area contributed by atoms with Crippen LogP contribution in [-0.4, -0.2) is 33.5 Å². The maximum absolute atomic E-state index is 11.5. The molecule has 0 aromatic carbocycles. The van der Waals surface area contributed by atoms with Crippen molar-refractivity contribution < 1.29 is 19.4 Å². The molecule has 0 aromatic heterocycles. The number of esters is 1. The monoisotopic (exact) mass is 229 g/mol. The molecule has 0 aromatic rings. The lowest BCUT2D eigenvalue weighted by Crippen LogP contribution is -2.48. The van der Waals surface area contributed by atoms with Crippen molar-refractivity contribution in [1.82, 2.24) is 4.90 Å². The van der Waals surface area contributed by atoms with Crippen LogP contribution < -0.4 is 0 Å². The van der Waals surface area contributed by atoms with E-state index in [1.54, 1.807) is 12.3 Å². The lowest BCUT2D eigenvalue weighted by molar-refractivity contribution is -0.167. The Balaban J connectivity index is 1.99. The van der Waals surface area contributed by atoms with Crippen LogP contribution in [0.3, 0.4) is 0 Å². The second-order valence-electron chi connectivity index (χ2n) is 3.33. The first-order chi connectivity index (χ1) is 7.13. The van der Waals surface area contributed by atoms with Gasteiger partial charge < -0.3 is 9.84 Å². The van der Waals surface area contributed by atoms with E-state index in [4.69, 9.17) is 9.84 Å². The Morgan fingerprint density at radius 1 is 1.87 bits per heavy atom. The zero-order valence-corrected chi connectivity index (χ0v) is 8.99. The van der Waals surface area contributed by atoms with E-state index in [-0.39, 0.29) is 17.0 Å². The lowest BCUT2D eigenvalue weighted by Gasteiger charge is -2.34. The van der Waals surface area contributed by atoms with E-state index in [1.165, 1.54) is 16.7 Å². The minimum absolute atomic E-state index is 0.0545. The number of aliphatic hydroxyl groups excluding tert-OH is 1. The van der Waals surface area contributed by atoms with Crippen LogP contribution in [0.1, 0.15) is 19.8 Å². The highest BCUT2D eigenvalue weighted by Crippen LogP contribution is 2.41. The van der Waals surface area contributed by atoms with Crippen LogP contribution in [0.4, 0.5) is 0 Å². The van der Waals surface area contributed by atoms with Crippen LogP contribution in [0.5, 0.6) is 0 Å². The van der Waals surface area contributed by atoms with Crippen LogP contribution in [-0.2, 0) is 14.3 Å². The molecule has 2 heterocycles. The summed E-state index contributed by atoms with van der Waals surface area (Å²) >= 11 is 1.43. The zero-order valence-electron chi connectivity index (χ0n) is 8.17. The Morgan fingerprint density at radius 3 is 3.20 bits per heavy atom. The van der Waals surface area contributed by atoms with Crippen LogP contribution >= 0.6 is 11.8 Å². The van der Waals surface area contributed by atoms with Crippen molar-refractivity contribution in [2.24, 2.45) is 0 Å². The molecule has 6 heteroatoms. The molecule has 2 aliphatic heterocycles. The Hall–Kier alpha value is -1.01. The second-order valence-corrected chi connectivity index (χ2v) is 4.38. The number of β-lactam (4-membered cyclic amide) rings is 1. The highest BCUT2D eigenvalue weighted by Gasteiger charge is 2.45.